The van der Waals surface area contributed by atoms with Gasteiger partial charge in [0.05, 0.1) is 24.8 Å². The van der Waals surface area contributed by atoms with E-state index in [1.54, 1.807) is 13.8 Å². The van der Waals surface area contributed by atoms with E-state index in [9.17, 15) is 9.59 Å². The molecule has 1 aliphatic rings. The highest BCUT2D eigenvalue weighted by atomic mass is 32.3. The second kappa shape index (κ2) is 8.39. The minimum Gasteiger partial charge on any atom is -0.466 e. The number of isothiocyanates is 1. The summed E-state index contributed by atoms with van der Waals surface area (Å²) >= 11 is 4.73. The molecule has 0 spiro atoms. The summed E-state index contributed by atoms with van der Waals surface area (Å²) < 4.78 is 14.4. The van der Waals surface area contributed by atoms with Crippen LogP contribution in [0.15, 0.2) is 4.40 Å². The minimum atomic E-state index is -1.65. The topological polar surface area (TPSA) is 65.0 Å². The monoisotopic (exact) mass is 319 g/mol. The van der Waals surface area contributed by atoms with Gasteiger partial charge in [-0.3, -0.25) is 9.59 Å². The molecular weight excluding hydrogens is 298 g/mol. The molecule has 0 bridgehead atoms. The van der Waals surface area contributed by atoms with Crippen molar-refractivity contribution in [2.45, 2.75) is 38.4 Å². The first kappa shape index (κ1) is 17.1. The zero-order valence-corrected chi connectivity index (χ0v) is 13.6. The summed E-state index contributed by atoms with van der Waals surface area (Å²) in [7, 11) is -1.65. The van der Waals surface area contributed by atoms with Crippen LogP contribution in [0.2, 0.25) is 0 Å². The summed E-state index contributed by atoms with van der Waals surface area (Å²) in [6.45, 7) is 4.07. The van der Waals surface area contributed by atoms with Crippen LogP contribution in [0.1, 0.15) is 33.1 Å². The largest absolute Gasteiger partial charge is 0.466 e. The van der Waals surface area contributed by atoms with Crippen molar-refractivity contribution in [2.24, 2.45) is 4.40 Å². The van der Waals surface area contributed by atoms with E-state index >= 15 is 0 Å². The smallest absolute Gasteiger partial charge is 0.319 e. The zero-order valence-electron chi connectivity index (χ0n) is 11.9. The average molecular weight is 319 g/mol. The van der Waals surface area contributed by atoms with E-state index in [1.807, 2.05) is 0 Å². The Morgan fingerprint density at radius 1 is 1.25 bits per heavy atom. The molecule has 5 nitrogen and oxygen atoms in total. The maximum Gasteiger partial charge on any atom is 0.319 e. The lowest BCUT2D eigenvalue weighted by molar-refractivity contribution is -0.149. The number of hydrogen-bond acceptors (Lipinski definition) is 6. The molecule has 114 valence electrons. The van der Waals surface area contributed by atoms with Crippen molar-refractivity contribution in [3.05, 3.63) is 0 Å². The van der Waals surface area contributed by atoms with E-state index in [0.29, 0.717) is 6.61 Å². The molecule has 1 heterocycles. The lowest BCUT2D eigenvalue weighted by atomic mass is 10.3. The van der Waals surface area contributed by atoms with E-state index in [2.05, 4.69) is 9.56 Å². The number of nitrogens with zero attached hydrogens (tertiary/aromatic N) is 1. The molecule has 1 atom stereocenters. The fourth-order valence-electron chi connectivity index (χ4n) is 2.34. The molecule has 0 aromatic carbocycles. The predicted molar refractivity (Wildman–Crippen MR) is 83.3 cm³/mol. The van der Waals surface area contributed by atoms with Crippen LogP contribution < -0.4 is 0 Å². The highest BCUT2D eigenvalue weighted by Gasteiger charge is 2.43. The summed E-state index contributed by atoms with van der Waals surface area (Å²) in [5.74, 6) is 0.856. The first-order valence-corrected chi connectivity index (χ1v) is 9.18. The second-order valence-electron chi connectivity index (χ2n) is 4.45. The van der Waals surface area contributed by atoms with Gasteiger partial charge in [-0.25, -0.2) is 0 Å². The third-order valence-electron chi connectivity index (χ3n) is 3.20. The van der Waals surface area contributed by atoms with Gasteiger partial charge in [0, 0.05) is 0 Å². The second-order valence-corrected chi connectivity index (χ2v) is 8.00. The number of carbonyl (C=O) groups excluding carboxylic acids is 2. The van der Waals surface area contributed by atoms with Crippen LogP contribution in [0.4, 0.5) is 0 Å². The number of thiocarbonyl (C=S) groups is 1. The van der Waals surface area contributed by atoms with Crippen molar-refractivity contribution in [3.8, 4) is 0 Å². The quantitative estimate of drug-likeness (QED) is 0.410. The molecule has 1 fully saturated rings. The molecule has 1 saturated heterocycles. The minimum absolute atomic E-state index is 0.0164. The van der Waals surface area contributed by atoms with Crippen LogP contribution in [-0.2, 0) is 19.1 Å². The van der Waals surface area contributed by atoms with Gasteiger partial charge in [0.2, 0.25) is 0 Å². The lowest BCUT2D eigenvalue weighted by Gasteiger charge is -2.35. The predicted octanol–water partition coefficient (Wildman–Crippen LogP) is 2.49. The molecule has 1 unspecified atom stereocenters. The van der Waals surface area contributed by atoms with Gasteiger partial charge in [0.1, 0.15) is 5.25 Å². The third kappa shape index (κ3) is 4.30. The maximum absolute atomic E-state index is 12.2. The molecule has 0 aromatic heterocycles. The van der Waals surface area contributed by atoms with E-state index in [0.717, 1.165) is 24.3 Å². The highest BCUT2D eigenvalue weighted by molar-refractivity contribution is 8.34. The Hall–Kier alpha value is -0.910. The number of carbonyl (C=O) groups is 2. The van der Waals surface area contributed by atoms with Crippen molar-refractivity contribution in [1.82, 2.24) is 0 Å². The van der Waals surface area contributed by atoms with Gasteiger partial charge in [0.25, 0.3) is 0 Å². The van der Waals surface area contributed by atoms with Crippen molar-refractivity contribution in [2.75, 3.05) is 24.7 Å². The molecule has 0 aliphatic carbocycles. The molecule has 0 amide bonds. The Kier molecular flexibility index (Phi) is 7.19. The van der Waals surface area contributed by atoms with Gasteiger partial charge in [-0.15, -0.1) is 10.2 Å². The van der Waals surface area contributed by atoms with Crippen molar-refractivity contribution < 1.29 is 19.1 Å². The summed E-state index contributed by atoms with van der Waals surface area (Å²) in [5.41, 5.74) is 0. The first-order valence-electron chi connectivity index (χ1n) is 6.78. The van der Waals surface area contributed by atoms with E-state index in [1.165, 1.54) is 0 Å². The molecule has 0 aromatic rings. The van der Waals surface area contributed by atoms with Crippen LogP contribution in [-0.4, -0.2) is 47.1 Å². The average Bonchev–Trinajstić information content (AvgIpc) is 2.86. The molecule has 0 radical (unpaired) electrons. The van der Waals surface area contributed by atoms with Crippen LogP contribution in [0.3, 0.4) is 0 Å². The fraction of sp³-hybridized carbons (Fsp3) is 0.769. The van der Waals surface area contributed by atoms with Gasteiger partial charge < -0.3 is 9.47 Å². The molecule has 20 heavy (non-hydrogen) atoms. The number of hydrogen-bond donors (Lipinski definition) is 0. The Bertz CT molecular complexity index is 401. The summed E-state index contributed by atoms with van der Waals surface area (Å²) in [6, 6.07) is 0. The van der Waals surface area contributed by atoms with Crippen LogP contribution in [0.25, 0.3) is 0 Å². The van der Waals surface area contributed by atoms with Gasteiger partial charge in [-0.1, -0.05) is 0 Å². The fourth-order valence-corrected chi connectivity index (χ4v) is 6.30. The summed E-state index contributed by atoms with van der Waals surface area (Å²) in [6.07, 6.45) is 2.01. The molecular formula is C13H21NO4S2. The van der Waals surface area contributed by atoms with Gasteiger partial charge >= 0.3 is 11.9 Å². The van der Waals surface area contributed by atoms with Gasteiger partial charge in [-0.2, -0.15) is 4.40 Å². The zero-order chi connectivity index (χ0) is 15.0. The number of esters is 2. The normalized spacial score (nSPS) is 19.5. The van der Waals surface area contributed by atoms with E-state index in [4.69, 9.17) is 21.7 Å². The van der Waals surface area contributed by atoms with Crippen molar-refractivity contribution in [3.63, 3.8) is 0 Å². The standard InChI is InChI=1S/C13H21NO4S2/c1-3-17-12(15)9-11(13(16)18-4-2)20(14-10-19)7-5-6-8-20/h11H,3-9H2,1-2H3. The molecule has 0 saturated carbocycles. The maximum atomic E-state index is 12.2. The Morgan fingerprint density at radius 2 is 1.85 bits per heavy atom. The van der Waals surface area contributed by atoms with E-state index in [-0.39, 0.29) is 25.0 Å². The van der Waals surface area contributed by atoms with Crippen LogP contribution in [0.5, 0.6) is 0 Å². The van der Waals surface area contributed by atoms with E-state index < -0.39 is 15.5 Å². The SMILES string of the molecule is CCOC(=O)CC(C(=O)OCC)S1(N=C=S)CCCC1. The molecule has 0 N–H and O–H groups in total. The molecule has 1 aliphatic heterocycles. The van der Waals surface area contributed by atoms with Crippen LogP contribution >= 0.6 is 22.4 Å². The van der Waals surface area contributed by atoms with Crippen molar-refractivity contribution >= 4 is 39.5 Å². The Balaban J connectivity index is 2.98. The molecule has 7 heteroatoms. The highest BCUT2D eigenvalue weighted by Crippen LogP contribution is 2.60. The van der Waals surface area contributed by atoms with Crippen molar-refractivity contribution in [1.29, 1.82) is 0 Å². The van der Waals surface area contributed by atoms with Gasteiger partial charge in [0.15, 0.2) is 0 Å². The van der Waals surface area contributed by atoms with Gasteiger partial charge in [-0.05, 0) is 50.4 Å². The first-order chi connectivity index (χ1) is 9.59. The summed E-state index contributed by atoms with van der Waals surface area (Å²) in [4.78, 5) is 24.0. The summed E-state index contributed by atoms with van der Waals surface area (Å²) in [5, 5.41) is 1.86. The lowest BCUT2D eigenvalue weighted by Crippen LogP contribution is -2.32. The Labute approximate surface area is 126 Å². The number of ether oxygens (including phenoxy) is 2. The molecule has 1 rings (SSSR count). The third-order valence-corrected chi connectivity index (χ3v) is 7.27. The Morgan fingerprint density at radius 3 is 2.35 bits per heavy atom. The van der Waals surface area contributed by atoms with Crippen LogP contribution in [0, 0.1) is 0 Å². The number of rotatable bonds is 7.